The second-order valence-corrected chi connectivity index (χ2v) is 4.64. The number of benzene rings is 1. The van der Waals surface area contributed by atoms with E-state index in [0.29, 0.717) is 6.42 Å². The first-order chi connectivity index (χ1) is 8.00. The van der Waals surface area contributed by atoms with E-state index in [1.54, 1.807) is 4.90 Å². The molecule has 3 heteroatoms. The predicted molar refractivity (Wildman–Crippen MR) is 70.3 cm³/mol. The summed E-state index contributed by atoms with van der Waals surface area (Å²) in [4.78, 5) is 13.9. The molecule has 0 aliphatic rings. The molecule has 0 spiro atoms. The highest BCUT2D eigenvalue weighted by molar-refractivity contribution is 5.88. The van der Waals surface area contributed by atoms with Crippen LogP contribution in [0.4, 0.5) is 0 Å². The lowest BCUT2D eigenvalue weighted by atomic mass is 10.1. The van der Waals surface area contributed by atoms with Crippen molar-refractivity contribution in [3.8, 4) is 0 Å². The highest BCUT2D eigenvalue weighted by Crippen LogP contribution is 2.04. The molecule has 0 fully saturated rings. The number of carbonyl (C=O) groups excluding carboxylic acids is 1. The molecule has 0 atom stereocenters. The van der Waals surface area contributed by atoms with Crippen molar-refractivity contribution in [2.75, 3.05) is 14.1 Å². The van der Waals surface area contributed by atoms with Gasteiger partial charge in [0.1, 0.15) is 0 Å². The van der Waals surface area contributed by atoms with Crippen LogP contribution >= 0.6 is 0 Å². The molecule has 0 aliphatic heterocycles. The maximum absolute atomic E-state index is 12.2. The molecule has 0 radical (unpaired) electrons. The van der Waals surface area contributed by atoms with Crippen LogP contribution in [0, 0.1) is 0 Å². The molecular weight excluding hydrogens is 212 g/mol. The first kappa shape index (κ1) is 13.4. The first-order valence-electron chi connectivity index (χ1n) is 5.87. The number of hydrogen-bond donors (Lipinski definition) is 0. The third-order valence-corrected chi connectivity index (χ3v) is 2.40. The largest absolute Gasteiger partial charge is 0.313 e. The van der Waals surface area contributed by atoms with Crippen molar-refractivity contribution >= 4 is 12.2 Å². The molecule has 0 bridgehead atoms. The Balaban J connectivity index is 2.77. The first-order valence-corrected chi connectivity index (χ1v) is 5.87. The van der Waals surface area contributed by atoms with Crippen molar-refractivity contribution in [2.24, 2.45) is 0 Å². The van der Waals surface area contributed by atoms with Gasteiger partial charge in [-0.25, -0.2) is 9.69 Å². The topological polar surface area (TPSA) is 23.3 Å². The SMILES string of the molecule is CC(C)N(C=[N+](C)C)C(=O)Cc1ccccc1. The average Bonchev–Trinajstić information content (AvgIpc) is 2.26. The molecule has 0 saturated heterocycles. The quantitative estimate of drug-likeness (QED) is 0.441. The highest BCUT2D eigenvalue weighted by atomic mass is 16.2. The molecule has 1 amide bonds. The third-order valence-electron chi connectivity index (χ3n) is 2.40. The molecule has 0 aliphatic carbocycles. The zero-order chi connectivity index (χ0) is 12.8. The van der Waals surface area contributed by atoms with Crippen molar-refractivity contribution in [1.29, 1.82) is 0 Å². The molecule has 0 saturated carbocycles. The Bertz CT molecular complexity index is 392. The third kappa shape index (κ3) is 4.39. The highest BCUT2D eigenvalue weighted by Gasteiger charge is 2.22. The number of rotatable bonds is 4. The van der Waals surface area contributed by atoms with E-state index in [0.717, 1.165) is 5.56 Å². The number of carbonyl (C=O) groups is 1. The molecule has 17 heavy (non-hydrogen) atoms. The van der Waals surface area contributed by atoms with E-state index in [-0.39, 0.29) is 11.9 Å². The van der Waals surface area contributed by atoms with Gasteiger partial charge in [0.2, 0.25) is 6.34 Å². The van der Waals surface area contributed by atoms with Gasteiger partial charge in [-0.05, 0) is 19.4 Å². The lowest BCUT2D eigenvalue weighted by Gasteiger charge is -2.15. The molecule has 0 unspecified atom stereocenters. The van der Waals surface area contributed by atoms with E-state index in [9.17, 15) is 4.79 Å². The average molecular weight is 233 g/mol. The fourth-order valence-electron chi connectivity index (χ4n) is 1.60. The lowest BCUT2D eigenvalue weighted by molar-refractivity contribution is -0.464. The van der Waals surface area contributed by atoms with Gasteiger partial charge >= 0.3 is 5.91 Å². The summed E-state index contributed by atoms with van der Waals surface area (Å²) in [6, 6.07) is 10.0. The lowest BCUT2D eigenvalue weighted by Crippen LogP contribution is -2.39. The molecule has 1 rings (SSSR count). The summed E-state index contributed by atoms with van der Waals surface area (Å²) in [5, 5.41) is 0. The van der Waals surface area contributed by atoms with Crippen LogP contribution in [-0.4, -0.2) is 41.9 Å². The van der Waals surface area contributed by atoms with Gasteiger partial charge in [-0.1, -0.05) is 30.3 Å². The van der Waals surface area contributed by atoms with Gasteiger partial charge in [0.25, 0.3) is 0 Å². The second-order valence-electron chi connectivity index (χ2n) is 4.64. The summed E-state index contributed by atoms with van der Waals surface area (Å²) in [5.41, 5.74) is 1.05. The van der Waals surface area contributed by atoms with Gasteiger partial charge in [-0.15, -0.1) is 0 Å². The number of nitrogens with zero attached hydrogens (tertiary/aromatic N) is 2. The van der Waals surface area contributed by atoms with Gasteiger partial charge in [0.05, 0.1) is 26.6 Å². The molecule has 1 aromatic rings. The van der Waals surface area contributed by atoms with Crippen molar-refractivity contribution in [3.05, 3.63) is 35.9 Å². The Kier molecular flexibility index (Phi) is 4.88. The van der Waals surface area contributed by atoms with Crippen LogP contribution < -0.4 is 0 Å². The smallest absolute Gasteiger partial charge is 0.273 e. The summed E-state index contributed by atoms with van der Waals surface area (Å²) < 4.78 is 1.89. The van der Waals surface area contributed by atoms with Crippen LogP contribution in [0.25, 0.3) is 0 Å². The number of amides is 1. The molecule has 0 N–H and O–H groups in total. The maximum atomic E-state index is 12.2. The number of hydrogen-bond acceptors (Lipinski definition) is 1. The molecular formula is C14H21N2O+. The second kappa shape index (κ2) is 6.18. The minimum atomic E-state index is 0.125. The van der Waals surface area contributed by atoms with Crippen molar-refractivity contribution in [3.63, 3.8) is 0 Å². The predicted octanol–water partition coefficient (Wildman–Crippen LogP) is 1.77. The van der Waals surface area contributed by atoms with E-state index in [4.69, 9.17) is 0 Å². The molecule has 0 aromatic heterocycles. The van der Waals surface area contributed by atoms with Gasteiger partial charge < -0.3 is 0 Å². The van der Waals surface area contributed by atoms with Crippen LogP contribution in [0.5, 0.6) is 0 Å². The standard InChI is InChI=1S/C14H21N2O/c1-12(2)16(11-15(3)4)14(17)10-13-8-6-5-7-9-13/h5-9,11-12H,10H2,1-4H3/q+1. The van der Waals surface area contributed by atoms with Crippen LogP contribution in [0.2, 0.25) is 0 Å². The summed E-state index contributed by atoms with van der Waals surface area (Å²) in [6.45, 7) is 4.03. The van der Waals surface area contributed by atoms with E-state index in [1.165, 1.54) is 0 Å². The molecule has 1 aromatic carbocycles. The van der Waals surface area contributed by atoms with E-state index < -0.39 is 0 Å². The van der Waals surface area contributed by atoms with Crippen LogP contribution in [0.3, 0.4) is 0 Å². The monoisotopic (exact) mass is 233 g/mol. The van der Waals surface area contributed by atoms with Crippen molar-refractivity contribution in [1.82, 2.24) is 4.90 Å². The molecule has 92 valence electrons. The van der Waals surface area contributed by atoms with Gasteiger partial charge in [0, 0.05) is 0 Å². The van der Waals surface area contributed by atoms with Crippen LogP contribution in [0.15, 0.2) is 30.3 Å². The van der Waals surface area contributed by atoms with E-state index in [1.807, 2.05) is 69.2 Å². The van der Waals surface area contributed by atoms with Crippen molar-refractivity contribution < 1.29 is 9.37 Å². The molecule has 0 heterocycles. The van der Waals surface area contributed by atoms with E-state index >= 15 is 0 Å². The van der Waals surface area contributed by atoms with E-state index in [2.05, 4.69) is 0 Å². The van der Waals surface area contributed by atoms with Gasteiger partial charge in [-0.2, -0.15) is 0 Å². The summed E-state index contributed by atoms with van der Waals surface area (Å²) in [6.07, 6.45) is 2.29. The minimum Gasteiger partial charge on any atom is -0.273 e. The van der Waals surface area contributed by atoms with Crippen LogP contribution in [0.1, 0.15) is 19.4 Å². The minimum absolute atomic E-state index is 0.125. The Morgan fingerprint density at radius 2 is 1.88 bits per heavy atom. The van der Waals surface area contributed by atoms with Gasteiger partial charge in [0.15, 0.2) is 0 Å². The zero-order valence-corrected chi connectivity index (χ0v) is 11.1. The van der Waals surface area contributed by atoms with Crippen molar-refractivity contribution in [2.45, 2.75) is 26.3 Å². The van der Waals surface area contributed by atoms with Gasteiger partial charge in [-0.3, -0.25) is 4.58 Å². The Hall–Kier alpha value is -1.64. The fourth-order valence-corrected chi connectivity index (χ4v) is 1.60. The maximum Gasteiger partial charge on any atom is 0.313 e. The summed E-state index contributed by atoms with van der Waals surface area (Å²) in [5.74, 6) is 0.125. The Morgan fingerprint density at radius 1 is 1.29 bits per heavy atom. The Morgan fingerprint density at radius 3 is 2.35 bits per heavy atom. The zero-order valence-electron chi connectivity index (χ0n) is 11.1. The Labute approximate surface area is 103 Å². The fraction of sp³-hybridized carbons (Fsp3) is 0.429. The summed E-state index contributed by atoms with van der Waals surface area (Å²) >= 11 is 0. The molecule has 3 nitrogen and oxygen atoms in total. The normalized spacial score (nSPS) is 10.2. The summed E-state index contributed by atoms with van der Waals surface area (Å²) in [7, 11) is 3.84. The van der Waals surface area contributed by atoms with Crippen LogP contribution in [-0.2, 0) is 11.2 Å².